The number of nitrogens with zero attached hydrogens (tertiary/aromatic N) is 2. The maximum absolute atomic E-state index is 14.4. The molecule has 0 aliphatic carbocycles. The van der Waals surface area contributed by atoms with E-state index in [4.69, 9.17) is 14.7 Å². The second-order valence-electron chi connectivity index (χ2n) is 6.64. The maximum Gasteiger partial charge on any atom is 0.410 e. The highest BCUT2D eigenvalue weighted by Gasteiger charge is 2.35. The molecule has 1 amide bonds. The van der Waals surface area contributed by atoms with E-state index in [-0.39, 0.29) is 6.54 Å². The summed E-state index contributed by atoms with van der Waals surface area (Å²) in [6.45, 7) is 5.57. The van der Waals surface area contributed by atoms with Crippen LogP contribution in [-0.2, 0) is 4.74 Å². The van der Waals surface area contributed by atoms with Gasteiger partial charge in [0.2, 0.25) is 0 Å². The fourth-order valence-electron chi connectivity index (χ4n) is 2.36. The Morgan fingerprint density at radius 1 is 1.46 bits per heavy atom. The van der Waals surface area contributed by atoms with Crippen LogP contribution in [0, 0.1) is 11.3 Å². The van der Waals surface area contributed by atoms with Crippen molar-refractivity contribution in [3.63, 3.8) is 0 Å². The number of amides is 1. The van der Waals surface area contributed by atoms with E-state index in [2.05, 4.69) is 15.9 Å². The Morgan fingerprint density at radius 2 is 2.17 bits per heavy atom. The summed E-state index contributed by atoms with van der Waals surface area (Å²) in [4.78, 5) is 13.4. The number of likely N-dealkylation sites (tertiary alicyclic amines) is 1. The molecule has 7 heteroatoms. The zero-order valence-corrected chi connectivity index (χ0v) is 15.5. The first kappa shape index (κ1) is 18.5. The minimum Gasteiger partial charge on any atom is -0.486 e. The lowest BCUT2D eigenvalue weighted by atomic mass is 10.1. The van der Waals surface area contributed by atoms with Gasteiger partial charge in [-0.3, -0.25) is 0 Å². The summed E-state index contributed by atoms with van der Waals surface area (Å²) in [5, 5.41) is 9.15. The number of ether oxygens (including phenoxy) is 2. The lowest BCUT2D eigenvalue weighted by Gasteiger charge is -2.35. The Hall–Kier alpha value is -1.81. The Morgan fingerprint density at radius 3 is 2.75 bits per heavy atom. The van der Waals surface area contributed by atoms with Crippen LogP contribution in [0.25, 0.3) is 0 Å². The van der Waals surface area contributed by atoms with Gasteiger partial charge in [0, 0.05) is 17.4 Å². The molecule has 1 aromatic carbocycles. The average Bonchev–Trinajstić information content (AvgIpc) is 2.49. The van der Waals surface area contributed by atoms with Crippen LogP contribution < -0.4 is 4.74 Å². The molecule has 0 bridgehead atoms. The standard InChI is InChI=1S/C17H20BrFN2O3/c1-17(2,3)24-16(22)21-7-6-15(13(19)10-21)23-14-5-4-12(18)8-11(14)9-20/h4-5,8,13,15H,6-7,10H2,1-3H3/t13-,15+/m0/s1. The molecule has 1 aliphatic heterocycles. The molecule has 1 fully saturated rings. The Balaban J connectivity index is 2.00. The van der Waals surface area contributed by atoms with Crippen molar-refractivity contribution in [2.45, 2.75) is 45.1 Å². The molecule has 2 atom stereocenters. The highest BCUT2D eigenvalue weighted by molar-refractivity contribution is 9.10. The van der Waals surface area contributed by atoms with Crippen molar-refractivity contribution >= 4 is 22.0 Å². The number of hydrogen-bond donors (Lipinski definition) is 0. The fourth-order valence-corrected chi connectivity index (χ4v) is 2.72. The summed E-state index contributed by atoms with van der Waals surface area (Å²) in [6, 6.07) is 7.02. The van der Waals surface area contributed by atoms with Crippen LogP contribution in [0.3, 0.4) is 0 Å². The van der Waals surface area contributed by atoms with Gasteiger partial charge in [-0.05, 0) is 39.0 Å². The largest absolute Gasteiger partial charge is 0.486 e. The van der Waals surface area contributed by atoms with E-state index in [1.54, 1.807) is 39.0 Å². The van der Waals surface area contributed by atoms with E-state index in [1.165, 1.54) is 4.90 Å². The minimum atomic E-state index is -1.35. The molecule has 0 saturated carbocycles. The molecular formula is C17H20BrFN2O3. The Bertz CT molecular complexity index is 654. The van der Waals surface area contributed by atoms with Gasteiger partial charge >= 0.3 is 6.09 Å². The van der Waals surface area contributed by atoms with E-state index >= 15 is 0 Å². The molecule has 1 aromatic rings. The summed E-state index contributed by atoms with van der Waals surface area (Å²) in [5.41, 5.74) is -0.277. The van der Waals surface area contributed by atoms with Crippen LogP contribution in [0.4, 0.5) is 9.18 Å². The van der Waals surface area contributed by atoms with Gasteiger partial charge in [0.15, 0.2) is 6.17 Å². The van der Waals surface area contributed by atoms with Crippen LogP contribution in [0.15, 0.2) is 22.7 Å². The van der Waals surface area contributed by atoms with Gasteiger partial charge < -0.3 is 14.4 Å². The lowest BCUT2D eigenvalue weighted by molar-refractivity contribution is -0.0106. The zero-order valence-electron chi connectivity index (χ0n) is 13.9. The second-order valence-corrected chi connectivity index (χ2v) is 7.56. The normalized spacial score (nSPS) is 21.1. The van der Waals surface area contributed by atoms with Crippen LogP contribution >= 0.6 is 15.9 Å². The summed E-state index contributed by atoms with van der Waals surface area (Å²) in [7, 11) is 0. The predicted molar refractivity (Wildman–Crippen MR) is 90.6 cm³/mol. The lowest BCUT2D eigenvalue weighted by Crippen LogP contribution is -2.50. The number of alkyl halides is 1. The zero-order chi connectivity index (χ0) is 17.9. The van der Waals surface area contributed by atoms with E-state index in [1.807, 2.05) is 6.07 Å². The molecule has 0 radical (unpaired) electrons. The molecule has 5 nitrogen and oxygen atoms in total. The summed E-state index contributed by atoms with van der Waals surface area (Å²) < 4.78 is 26.1. The minimum absolute atomic E-state index is 0.0853. The molecule has 2 rings (SSSR count). The van der Waals surface area contributed by atoms with Gasteiger partial charge in [-0.25, -0.2) is 9.18 Å². The van der Waals surface area contributed by atoms with Crippen LogP contribution in [0.1, 0.15) is 32.8 Å². The van der Waals surface area contributed by atoms with Crippen molar-refractivity contribution in [2.24, 2.45) is 0 Å². The highest BCUT2D eigenvalue weighted by Crippen LogP contribution is 2.27. The molecule has 1 heterocycles. The monoisotopic (exact) mass is 398 g/mol. The van der Waals surface area contributed by atoms with Gasteiger partial charge in [-0.1, -0.05) is 15.9 Å². The number of piperidine rings is 1. The van der Waals surface area contributed by atoms with Gasteiger partial charge in [0.1, 0.15) is 23.5 Å². The quantitative estimate of drug-likeness (QED) is 0.753. The molecule has 0 aromatic heterocycles. The summed E-state index contributed by atoms with van der Waals surface area (Å²) in [5.74, 6) is 0.346. The highest BCUT2D eigenvalue weighted by atomic mass is 79.9. The number of carbonyl (C=O) groups is 1. The van der Waals surface area contributed by atoms with Crippen LogP contribution in [-0.4, -0.2) is 42.0 Å². The summed E-state index contributed by atoms with van der Waals surface area (Å²) in [6.07, 6.45) is -2.23. The van der Waals surface area contributed by atoms with Gasteiger partial charge in [0.25, 0.3) is 0 Å². The first-order valence-corrected chi connectivity index (χ1v) is 8.47. The molecule has 0 spiro atoms. The molecule has 0 N–H and O–H groups in total. The van der Waals surface area contributed by atoms with E-state index in [0.29, 0.717) is 24.3 Å². The van der Waals surface area contributed by atoms with Gasteiger partial charge in [-0.2, -0.15) is 5.26 Å². The topological polar surface area (TPSA) is 62.6 Å². The van der Waals surface area contributed by atoms with Gasteiger partial charge in [0.05, 0.1) is 12.1 Å². The number of benzene rings is 1. The number of hydrogen-bond acceptors (Lipinski definition) is 4. The maximum atomic E-state index is 14.4. The molecule has 130 valence electrons. The number of halogens is 2. The van der Waals surface area contributed by atoms with Crippen molar-refractivity contribution in [3.8, 4) is 11.8 Å². The van der Waals surface area contributed by atoms with E-state index in [9.17, 15) is 9.18 Å². The van der Waals surface area contributed by atoms with Crippen molar-refractivity contribution in [1.29, 1.82) is 5.26 Å². The molecule has 24 heavy (non-hydrogen) atoms. The van der Waals surface area contributed by atoms with Crippen LogP contribution in [0.5, 0.6) is 5.75 Å². The number of carbonyl (C=O) groups excluding carboxylic acids is 1. The van der Waals surface area contributed by atoms with Crippen molar-refractivity contribution in [3.05, 3.63) is 28.2 Å². The van der Waals surface area contributed by atoms with Gasteiger partial charge in [-0.15, -0.1) is 0 Å². The second kappa shape index (κ2) is 7.39. The van der Waals surface area contributed by atoms with E-state index < -0.39 is 24.0 Å². The van der Waals surface area contributed by atoms with E-state index in [0.717, 1.165) is 4.47 Å². The number of nitriles is 1. The fraction of sp³-hybridized carbons (Fsp3) is 0.529. The van der Waals surface area contributed by atoms with Crippen molar-refractivity contribution < 1.29 is 18.7 Å². The third-order valence-corrected chi connectivity index (χ3v) is 3.97. The SMILES string of the molecule is CC(C)(C)OC(=O)N1CC[C@@H](Oc2ccc(Br)cc2C#N)[C@@H](F)C1. The predicted octanol–water partition coefficient (Wildman–Crippen LogP) is 4.05. The number of rotatable bonds is 2. The van der Waals surface area contributed by atoms with Crippen LogP contribution in [0.2, 0.25) is 0 Å². The molecular weight excluding hydrogens is 379 g/mol. The first-order valence-electron chi connectivity index (χ1n) is 7.68. The smallest absolute Gasteiger partial charge is 0.410 e. The Kier molecular flexibility index (Phi) is 5.70. The molecule has 1 saturated heterocycles. The average molecular weight is 399 g/mol. The third kappa shape index (κ3) is 4.84. The van der Waals surface area contributed by atoms with Crippen molar-refractivity contribution in [1.82, 2.24) is 4.90 Å². The third-order valence-electron chi connectivity index (χ3n) is 3.47. The van der Waals surface area contributed by atoms with Crippen molar-refractivity contribution in [2.75, 3.05) is 13.1 Å². The first-order chi connectivity index (χ1) is 11.2. The Labute approximate surface area is 149 Å². The molecule has 0 unspecified atom stereocenters. The summed E-state index contributed by atoms with van der Waals surface area (Å²) >= 11 is 3.28. The molecule has 1 aliphatic rings.